The van der Waals surface area contributed by atoms with Gasteiger partial charge in [0.15, 0.2) is 11.9 Å². The van der Waals surface area contributed by atoms with E-state index in [1.165, 1.54) is 13.8 Å². The summed E-state index contributed by atoms with van der Waals surface area (Å²) < 4.78 is 0. The molecule has 1 aromatic rings. The van der Waals surface area contributed by atoms with Gasteiger partial charge >= 0.3 is 11.9 Å². The monoisotopic (exact) mass is 1040 g/mol. The van der Waals surface area contributed by atoms with Crippen molar-refractivity contribution in [1.29, 1.82) is 0 Å². The number of hydrogen-bond donors (Lipinski definition) is 17. The molecule has 29 nitrogen and oxygen atoms in total. The highest BCUT2D eigenvalue weighted by atomic mass is 16.4. The zero-order valence-electron chi connectivity index (χ0n) is 41.5. The van der Waals surface area contributed by atoms with Crippen LogP contribution < -0.4 is 71.2 Å². The first kappa shape index (κ1) is 63.4. The fraction of sp³-hybridized carbons (Fsp3) is 0.591. The van der Waals surface area contributed by atoms with E-state index in [0.29, 0.717) is 0 Å². The molecule has 0 unspecified atom stereocenters. The number of nitrogens with zero attached hydrogens (tertiary/aromatic N) is 2. The van der Waals surface area contributed by atoms with Gasteiger partial charge in [0.1, 0.15) is 42.3 Å². The molecule has 22 N–H and O–H groups in total. The van der Waals surface area contributed by atoms with Gasteiger partial charge in [0.05, 0.1) is 31.2 Å². The number of aliphatic carboxylic acids is 2. The van der Waals surface area contributed by atoms with Gasteiger partial charge in [0.2, 0.25) is 47.3 Å². The smallest absolute Gasteiger partial charge is 0.326 e. The van der Waals surface area contributed by atoms with Crippen LogP contribution in [0.25, 0.3) is 0 Å². The van der Waals surface area contributed by atoms with E-state index >= 15 is 0 Å². The summed E-state index contributed by atoms with van der Waals surface area (Å²) in [5, 5.41) is 58.5. The Labute approximate surface area is 421 Å². The Hall–Kier alpha value is -7.66. The number of carbonyl (C=O) groups is 10. The van der Waals surface area contributed by atoms with Crippen molar-refractivity contribution in [3.05, 3.63) is 35.9 Å². The molecule has 0 spiro atoms. The van der Waals surface area contributed by atoms with Gasteiger partial charge in [-0.15, -0.1) is 0 Å². The third-order valence-electron chi connectivity index (χ3n) is 10.9. The minimum atomic E-state index is -1.81. The number of aliphatic imine (C=N–C) groups is 2. The van der Waals surface area contributed by atoms with Crippen LogP contribution in [0.2, 0.25) is 0 Å². The van der Waals surface area contributed by atoms with Crippen molar-refractivity contribution in [2.24, 2.45) is 44.6 Å². The van der Waals surface area contributed by atoms with Crippen LogP contribution in [0.1, 0.15) is 78.7 Å². The van der Waals surface area contributed by atoms with Crippen molar-refractivity contribution in [3.63, 3.8) is 0 Å². The molecule has 0 saturated heterocycles. The summed E-state index contributed by atoms with van der Waals surface area (Å²) in [6, 6.07) is -3.30. The molecule has 0 fully saturated rings. The van der Waals surface area contributed by atoms with Crippen molar-refractivity contribution in [2.75, 3.05) is 19.6 Å². The van der Waals surface area contributed by atoms with Crippen molar-refractivity contribution in [2.45, 2.75) is 140 Å². The Morgan fingerprint density at radius 1 is 0.575 bits per heavy atom. The number of carboxylic acid groups (broad SMARTS) is 2. The van der Waals surface area contributed by atoms with Crippen molar-refractivity contribution in [1.82, 2.24) is 42.5 Å². The molecule has 0 saturated carbocycles. The lowest BCUT2D eigenvalue weighted by atomic mass is 9.96. The summed E-state index contributed by atoms with van der Waals surface area (Å²) in [6.45, 7) is 6.04. The zero-order valence-corrected chi connectivity index (χ0v) is 41.5. The summed E-state index contributed by atoms with van der Waals surface area (Å²) in [7, 11) is 0. The number of carbonyl (C=O) groups excluding carboxylic acids is 8. The molecule has 0 aliphatic rings. The second-order valence-electron chi connectivity index (χ2n) is 17.1. The third-order valence-corrected chi connectivity index (χ3v) is 10.9. The Morgan fingerprint density at radius 2 is 1.04 bits per heavy atom. The molecule has 0 aliphatic heterocycles. The van der Waals surface area contributed by atoms with Crippen LogP contribution in [0.5, 0.6) is 0 Å². The molecule has 408 valence electrons. The van der Waals surface area contributed by atoms with Gasteiger partial charge in [0.25, 0.3) is 0 Å². The molecule has 1 aromatic carbocycles. The molecule has 0 aliphatic carbocycles. The number of guanidine groups is 2. The second kappa shape index (κ2) is 32.3. The molecular weight excluding hydrogens is 963 g/mol. The van der Waals surface area contributed by atoms with Crippen LogP contribution in [0.15, 0.2) is 40.3 Å². The highest BCUT2D eigenvalue weighted by Crippen LogP contribution is 2.12. The van der Waals surface area contributed by atoms with Gasteiger partial charge in [-0.25, -0.2) is 4.79 Å². The number of rotatable bonds is 33. The number of aliphatic hydroxyl groups is 2. The third kappa shape index (κ3) is 24.3. The SMILES string of the molecule is CC[C@H](C)[C@H](NC(=O)[C@H](CCCN=C(N)N)NC(=O)[C@H](C)NC(=O)CNC(=O)[C@@H](NC(=O)[C@@H](NC(=O)[C@@H](N)Cc1ccccc1)[C@@H](C)O)[C@@H](C)O)C(=O)N[C@@H](CC(=O)O)C(=O)N[C@@H](CCCN=C(N)N)C(=O)O. The van der Waals surface area contributed by atoms with E-state index in [0.717, 1.165) is 12.5 Å². The normalized spacial score (nSPS) is 15.4. The average molecular weight is 1040 g/mol. The maximum atomic E-state index is 13.9. The summed E-state index contributed by atoms with van der Waals surface area (Å²) in [6.07, 6.45) is -3.78. The standard InChI is InChI=1S/C44H73N15O14/c1-6-21(2)32(40(70)56-29(19-31(63)64)38(68)55-28(42(72)73)15-11-17-51-44(48)49)57-37(67)27(14-10-16-50-43(46)47)54-35(65)22(3)53-30(62)20-52-39(69)33(23(4)60)59-41(71)34(24(5)61)58-36(66)26(45)18-25-12-8-7-9-13-25/h7-9,12-13,21-24,26-29,32-34,60-61H,6,10-11,14-20,45H2,1-5H3,(H,52,69)(H,53,62)(H,54,65)(H,55,68)(H,56,70)(H,57,67)(H,58,66)(H,59,71)(H,63,64)(H,72,73)(H4,46,47,50)(H4,48,49,51)/t21-,22-,23+,24+,26-,27-,28-,29-,32-,33-,34-/m0/s1. The predicted octanol–water partition coefficient (Wildman–Crippen LogP) is -6.44. The summed E-state index contributed by atoms with van der Waals surface area (Å²) in [5.41, 5.74) is 28.1. The van der Waals surface area contributed by atoms with E-state index in [2.05, 4.69) is 52.5 Å². The summed E-state index contributed by atoms with van der Waals surface area (Å²) >= 11 is 0. The predicted molar refractivity (Wildman–Crippen MR) is 263 cm³/mol. The quantitative estimate of drug-likeness (QED) is 0.0177. The number of carboxylic acids is 2. The lowest BCUT2D eigenvalue weighted by Crippen LogP contribution is -2.61. The van der Waals surface area contributed by atoms with Gasteiger partial charge in [-0.05, 0) is 64.4 Å². The Morgan fingerprint density at radius 3 is 1.55 bits per heavy atom. The van der Waals surface area contributed by atoms with Crippen LogP contribution in [-0.4, -0.2) is 172 Å². The van der Waals surface area contributed by atoms with E-state index < -0.39 is 139 Å². The van der Waals surface area contributed by atoms with Crippen LogP contribution in [0, 0.1) is 5.92 Å². The van der Waals surface area contributed by atoms with Gasteiger partial charge in [-0.1, -0.05) is 50.6 Å². The summed E-state index contributed by atoms with van der Waals surface area (Å²) in [4.78, 5) is 138. The molecule has 0 heterocycles. The molecule has 29 heteroatoms. The molecule has 0 aromatic heterocycles. The molecule has 11 atom stereocenters. The average Bonchev–Trinajstić information content (AvgIpc) is 3.31. The molecule has 0 bridgehead atoms. The minimum absolute atomic E-state index is 0.00794. The van der Waals surface area contributed by atoms with E-state index in [1.54, 1.807) is 44.2 Å². The van der Waals surface area contributed by atoms with Gasteiger partial charge in [0, 0.05) is 13.1 Å². The largest absolute Gasteiger partial charge is 0.481 e. The van der Waals surface area contributed by atoms with E-state index in [1.807, 2.05) is 0 Å². The number of nitrogens with one attached hydrogen (secondary N) is 8. The van der Waals surface area contributed by atoms with Crippen molar-refractivity contribution in [3.8, 4) is 0 Å². The maximum Gasteiger partial charge on any atom is 0.326 e. The lowest BCUT2D eigenvalue weighted by molar-refractivity contribution is -0.144. The highest BCUT2D eigenvalue weighted by Gasteiger charge is 2.36. The van der Waals surface area contributed by atoms with E-state index in [-0.39, 0.29) is 63.5 Å². The number of nitrogens with two attached hydrogens (primary N) is 5. The Balaban J connectivity index is 3.13. The fourth-order valence-electron chi connectivity index (χ4n) is 6.61. The van der Waals surface area contributed by atoms with Crippen LogP contribution in [0.3, 0.4) is 0 Å². The van der Waals surface area contributed by atoms with Crippen LogP contribution in [0.4, 0.5) is 0 Å². The highest BCUT2D eigenvalue weighted by molar-refractivity contribution is 5.98. The van der Waals surface area contributed by atoms with E-state index in [4.69, 9.17) is 28.7 Å². The number of hydrogen-bond acceptors (Lipinski definition) is 15. The maximum absolute atomic E-state index is 13.9. The molecule has 73 heavy (non-hydrogen) atoms. The Kier molecular flexibility index (Phi) is 28.1. The minimum Gasteiger partial charge on any atom is -0.481 e. The number of aliphatic hydroxyl groups excluding tert-OH is 2. The topological polar surface area (TPSA) is 503 Å². The first-order valence-electron chi connectivity index (χ1n) is 23.3. The van der Waals surface area contributed by atoms with Crippen LogP contribution >= 0.6 is 0 Å². The zero-order chi connectivity index (χ0) is 55.5. The van der Waals surface area contributed by atoms with Gasteiger partial charge in [-0.3, -0.25) is 53.1 Å². The van der Waals surface area contributed by atoms with Gasteiger partial charge < -0.3 is 91.6 Å². The second-order valence-corrected chi connectivity index (χ2v) is 17.1. The molecule has 1 rings (SSSR count). The first-order chi connectivity index (χ1) is 34.2. The van der Waals surface area contributed by atoms with Gasteiger partial charge in [-0.2, -0.15) is 0 Å². The van der Waals surface area contributed by atoms with Crippen LogP contribution in [-0.2, 0) is 54.4 Å². The van der Waals surface area contributed by atoms with Crippen molar-refractivity contribution < 1.29 is 68.4 Å². The number of benzene rings is 1. The molecular formula is C44H73N15O14. The fourth-order valence-corrected chi connectivity index (χ4v) is 6.61. The van der Waals surface area contributed by atoms with Crippen molar-refractivity contribution >= 4 is 71.1 Å². The number of amides is 8. The lowest BCUT2D eigenvalue weighted by Gasteiger charge is -2.29. The first-order valence-corrected chi connectivity index (χ1v) is 23.3. The van der Waals surface area contributed by atoms with E-state index in [9.17, 15) is 68.4 Å². The molecule has 8 amide bonds. The summed E-state index contributed by atoms with van der Waals surface area (Å²) in [5.74, 6) is -12.1. The molecule has 0 radical (unpaired) electrons. The Bertz CT molecular complexity index is 2100.